The lowest BCUT2D eigenvalue weighted by molar-refractivity contribution is -0.115. The lowest BCUT2D eigenvalue weighted by Crippen LogP contribution is -2.29. The Kier molecular flexibility index (Phi) is 6.09. The van der Waals surface area contributed by atoms with Crippen molar-refractivity contribution in [2.24, 2.45) is 0 Å². The number of anilines is 2. The van der Waals surface area contributed by atoms with Crippen LogP contribution < -0.4 is 10.2 Å². The van der Waals surface area contributed by atoms with Crippen LogP contribution in [0.15, 0.2) is 72.8 Å². The Labute approximate surface area is 185 Å². The number of carbonyl (C=O) groups is 2. The Morgan fingerprint density at radius 3 is 2.39 bits per heavy atom. The summed E-state index contributed by atoms with van der Waals surface area (Å²) in [5.74, 6) is 0.148. The topological polar surface area (TPSA) is 49.4 Å². The predicted octanol–water partition coefficient (Wildman–Crippen LogP) is 5.98. The fourth-order valence-corrected chi connectivity index (χ4v) is 4.83. The molecular weight excluding hydrogens is 411 g/mol. The second kappa shape index (κ2) is 8.94. The molecule has 1 saturated heterocycles. The molecule has 0 radical (unpaired) electrons. The Balaban J connectivity index is 1.55. The van der Waals surface area contributed by atoms with Gasteiger partial charge >= 0.3 is 0 Å². The van der Waals surface area contributed by atoms with E-state index in [1.807, 2.05) is 47.4 Å². The summed E-state index contributed by atoms with van der Waals surface area (Å²) in [7, 11) is 0. The van der Waals surface area contributed by atoms with Crippen LogP contribution in [0.25, 0.3) is 0 Å². The Morgan fingerprint density at radius 2 is 1.71 bits per heavy atom. The molecule has 0 aliphatic carbocycles. The van der Waals surface area contributed by atoms with Crippen LogP contribution in [0.2, 0.25) is 0 Å². The number of nitrogens with zero attached hydrogens (tertiary/aromatic N) is 1. The Hall–Kier alpha value is -3.12. The molecule has 1 heterocycles. The molecule has 2 amide bonds. The van der Waals surface area contributed by atoms with E-state index in [9.17, 15) is 14.0 Å². The maximum absolute atomic E-state index is 13.1. The lowest BCUT2D eigenvalue weighted by Gasteiger charge is -2.27. The summed E-state index contributed by atoms with van der Waals surface area (Å²) in [6.07, 6.45) is 0. The molecule has 3 aromatic rings. The number of hydrogen-bond acceptors (Lipinski definition) is 3. The van der Waals surface area contributed by atoms with E-state index in [0.29, 0.717) is 22.9 Å². The molecule has 0 bridgehead atoms. The van der Waals surface area contributed by atoms with Gasteiger partial charge in [-0.05, 0) is 59.5 Å². The average molecular weight is 435 g/mol. The summed E-state index contributed by atoms with van der Waals surface area (Å²) in [5, 5.41) is 2.71. The lowest BCUT2D eigenvalue weighted by atomic mass is 10.00. The van der Waals surface area contributed by atoms with Gasteiger partial charge in [0.1, 0.15) is 11.2 Å². The van der Waals surface area contributed by atoms with Gasteiger partial charge < -0.3 is 5.32 Å². The zero-order valence-electron chi connectivity index (χ0n) is 17.3. The van der Waals surface area contributed by atoms with E-state index in [0.717, 1.165) is 16.8 Å². The highest BCUT2D eigenvalue weighted by atomic mass is 32.2. The highest BCUT2D eigenvalue weighted by Gasteiger charge is 2.35. The van der Waals surface area contributed by atoms with Crippen molar-refractivity contribution >= 4 is 35.0 Å². The van der Waals surface area contributed by atoms with Crippen LogP contribution in [0.5, 0.6) is 0 Å². The molecule has 1 aliphatic heterocycles. The normalized spacial score (nSPS) is 16.1. The first-order chi connectivity index (χ1) is 14.9. The maximum Gasteiger partial charge on any atom is 0.255 e. The van der Waals surface area contributed by atoms with Crippen LogP contribution >= 0.6 is 11.8 Å². The molecule has 1 aliphatic rings. The SMILES string of the molecule is CC(C)c1ccccc1N1C(=O)CS[C@H]1c1ccc(NC(=O)c2ccc(F)cc2)cc1. The van der Waals surface area contributed by atoms with Crippen LogP contribution in [0, 0.1) is 5.82 Å². The zero-order valence-corrected chi connectivity index (χ0v) is 18.2. The van der Waals surface area contributed by atoms with Gasteiger partial charge in [-0.2, -0.15) is 0 Å². The van der Waals surface area contributed by atoms with E-state index in [1.165, 1.54) is 24.3 Å². The average Bonchev–Trinajstić information content (AvgIpc) is 3.16. The van der Waals surface area contributed by atoms with E-state index in [2.05, 4.69) is 25.2 Å². The fraction of sp³-hybridized carbons (Fsp3) is 0.200. The zero-order chi connectivity index (χ0) is 22.0. The van der Waals surface area contributed by atoms with E-state index in [1.54, 1.807) is 11.8 Å². The number of thioether (sulfide) groups is 1. The molecule has 0 aromatic heterocycles. The quantitative estimate of drug-likeness (QED) is 0.537. The first kappa shape index (κ1) is 21.1. The van der Waals surface area contributed by atoms with Crippen molar-refractivity contribution in [3.8, 4) is 0 Å². The Morgan fingerprint density at radius 1 is 1.03 bits per heavy atom. The monoisotopic (exact) mass is 434 g/mol. The highest BCUT2D eigenvalue weighted by Crippen LogP contribution is 2.44. The molecular formula is C25H23FN2O2S. The minimum atomic E-state index is -0.381. The van der Waals surface area contributed by atoms with Gasteiger partial charge in [0.25, 0.3) is 5.91 Å². The Bertz CT molecular complexity index is 1100. The standard InChI is InChI=1S/C25H23FN2O2S/c1-16(2)21-5-3-4-6-22(21)28-23(29)15-31-25(28)18-9-13-20(14-10-18)27-24(30)17-7-11-19(26)12-8-17/h3-14,16,25H,15H2,1-2H3,(H,27,30)/t25-/m0/s1. The molecule has 1 fully saturated rings. The summed E-state index contributed by atoms with van der Waals surface area (Å²) >= 11 is 1.60. The van der Waals surface area contributed by atoms with Crippen molar-refractivity contribution in [3.05, 3.63) is 95.3 Å². The van der Waals surface area contributed by atoms with Gasteiger partial charge in [-0.1, -0.05) is 44.2 Å². The first-order valence-corrected chi connectivity index (χ1v) is 11.2. The highest BCUT2D eigenvalue weighted by molar-refractivity contribution is 8.00. The summed E-state index contributed by atoms with van der Waals surface area (Å²) in [5.41, 5.74) is 4.12. The number of carbonyl (C=O) groups excluding carboxylic acids is 2. The van der Waals surface area contributed by atoms with Crippen molar-refractivity contribution in [3.63, 3.8) is 0 Å². The van der Waals surface area contributed by atoms with Gasteiger partial charge in [-0.3, -0.25) is 14.5 Å². The van der Waals surface area contributed by atoms with Crippen LogP contribution in [0.4, 0.5) is 15.8 Å². The maximum atomic E-state index is 13.1. The van der Waals surface area contributed by atoms with Crippen molar-refractivity contribution in [1.29, 1.82) is 0 Å². The smallest absolute Gasteiger partial charge is 0.255 e. The molecule has 4 nitrogen and oxygen atoms in total. The van der Waals surface area contributed by atoms with E-state index in [4.69, 9.17) is 0 Å². The number of para-hydroxylation sites is 1. The number of hydrogen-bond donors (Lipinski definition) is 1. The van der Waals surface area contributed by atoms with Gasteiger partial charge in [0.05, 0.1) is 5.75 Å². The second-order valence-electron chi connectivity index (χ2n) is 7.72. The second-order valence-corrected chi connectivity index (χ2v) is 8.79. The third kappa shape index (κ3) is 4.49. The van der Waals surface area contributed by atoms with Gasteiger partial charge in [0.2, 0.25) is 5.91 Å². The summed E-state index contributed by atoms with van der Waals surface area (Å²) in [4.78, 5) is 27.0. The molecule has 1 N–H and O–H groups in total. The van der Waals surface area contributed by atoms with E-state index >= 15 is 0 Å². The molecule has 31 heavy (non-hydrogen) atoms. The number of benzene rings is 3. The molecule has 6 heteroatoms. The van der Waals surface area contributed by atoms with Crippen LogP contribution in [0.3, 0.4) is 0 Å². The summed E-state index contributed by atoms with van der Waals surface area (Å²) < 4.78 is 13.1. The number of rotatable bonds is 5. The largest absolute Gasteiger partial charge is 0.322 e. The third-order valence-corrected chi connectivity index (χ3v) is 6.46. The van der Waals surface area contributed by atoms with E-state index in [-0.39, 0.29) is 23.0 Å². The minimum absolute atomic E-state index is 0.0942. The van der Waals surface area contributed by atoms with Crippen molar-refractivity contribution < 1.29 is 14.0 Å². The first-order valence-electron chi connectivity index (χ1n) is 10.1. The van der Waals surface area contributed by atoms with Gasteiger partial charge in [-0.15, -0.1) is 11.8 Å². The van der Waals surface area contributed by atoms with Crippen molar-refractivity contribution in [2.45, 2.75) is 25.1 Å². The molecule has 3 aromatic carbocycles. The molecule has 0 unspecified atom stereocenters. The molecule has 4 rings (SSSR count). The molecule has 0 saturated carbocycles. The van der Waals surface area contributed by atoms with Crippen LogP contribution in [0.1, 0.15) is 46.6 Å². The van der Waals surface area contributed by atoms with Crippen molar-refractivity contribution in [2.75, 3.05) is 16.0 Å². The number of amides is 2. The molecule has 1 atom stereocenters. The fourth-order valence-electron chi connectivity index (χ4n) is 3.66. The van der Waals surface area contributed by atoms with Crippen LogP contribution in [-0.2, 0) is 4.79 Å². The molecule has 158 valence electrons. The summed E-state index contributed by atoms with van der Waals surface area (Å²) in [6.45, 7) is 4.25. The van der Waals surface area contributed by atoms with Crippen LogP contribution in [-0.4, -0.2) is 17.6 Å². The third-order valence-electron chi connectivity index (χ3n) is 5.25. The van der Waals surface area contributed by atoms with Crippen molar-refractivity contribution in [1.82, 2.24) is 0 Å². The summed E-state index contributed by atoms with van der Waals surface area (Å²) in [6, 6.07) is 21.0. The van der Waals surface area contributed by atoms with E-state index < -0.39 is 0 Å². The van der Waals surface area contributed by atoms with Gasteiger partial charge in [-0.25, -0.2) is 4.39 Å². The minimum Gasteiger partial charge on any atom is -0.322 e. The van der Waals surface area contributed by atoms with Gasteiger partial charge in [0, 0.05) is 16.9 Å². The van der Waals surface area contributed by atoms with Gasteiger partial charge in [0.15, 0.2) is 0 Å². The molecule has 0 spiro atoms. The number of nitrogens with one attached hydrogen (secondary N) is 1. The number of halogens is 1. The predicted molar refractivity (Wildman–Crippen MR) is 124 cm³/mol.